The number of esters is 2. The summed E-state index contributed by atoms with van der Waals surface area (Å²) in [6, 6.07) is 20.1. The molecule has 0 radical (unpaired) electrons. The molecule has 384 valence electrons. The third-order valence-corrected chi connectivity index (χ3v) is 12.0. The molecule has 0 aliphatic heterocycles. The van der Waals surface area contributed by atoms with Crippen molar-refractivity contribution in [3.63, 3.8) is 0 Å². The standard InChI is InChI=1S/C28H33N3O4.C17H20N2O2.C11H15NO3.CH4/c1-17(2)27(31-11-10-18(3)12-24(31)32)28(34)30-23(14-25(33)35-6)21-13-22(16-29-15-21)26-19(4)8-7-9-20(26)5;1-11-5-4-6-12(2)17(11)14-7-13(9-19-10-14)15(18)8-16(20)21-3;1-7(2)10(11(14)15)12-5-4-8(3)6-9(12)13;/h7-13,15-17,23,27H,14H2,1-6H3,(H,30,34);4-7,9-10,15H,8,18H2,1-3H3;4-7,10H,1-3H3,(H,14,15);1H4/t23-,27?;15-;;/m00../s1. The maximum Gasteiger partial charge on any atom is 0.327 e. The predicted octanol–water partition coefficient (Wildman–Crippen LogP) is 9.46. The number of nitrogens with zero attached hydrogens (tertiary/aromatic N) is 4. The van der Waals surface area contributed by atoms with Gasteiger partial charge in [-0.1, -0.05) is 71.5 Å². The van der Waals surface area contributed by atoms with Crippen molar-refractivity contribution in [3.05, 3.63) is 175 Å². The SMILES string of the molecule is C.COC(=O)C[C@H](N)c1cncc(-c2c(C)cccc2C)c1.COC(=O)C[C@H](NC(=O)C(C(C)C)n1ccc(C)cc1=O)c1cncc(-c2c(C)cccc2C)c1.Cc1ccn(C(C(=O)O)C(C)C)c(=O)c1. The average Bonchev–Trinajstić information content (AvgIpc) is 3.30. The van der Waals surface area contributed by atoms with E-state index in [1.165, 1.54) is 52.8 Å². The Morgan fingerprint density at radius 2 is 1.01 bits per heavy atom. The molecule has 0 aliphatic rings. The van der Waals surface area contributed by atoms with Crippen LogP contribution in [0.4, 0.5) is 0 Å². The summed E-state index contributed by atoms with van der Waals surface area (Å²) >= 11 is 0. The fourth-order valence-electron chi connectivity index (χ4n) is 8.37. The zero-order valence-electron chi connectivity index (χ0n) is 42.9. The van der Waals surface area contributed by atoms with Gasteiger partial charge in [0.15, 0.2) is 0 Å². The first kappa shape index (κ1) is 58.8. The minimum absolute atomic E-state index is 0. The number of hydrogen-bond acceptors (Lipinski definition) is 11. The molecule has 4 aromatic heterocycles. The van der Waals surface area contributed by atoms with Crippen LogP contribution < -0.4 is 22.2 Å². The van der Waals surface area contributed by atoms with E-state index in [2.05, 4.69) is 46.0 Å². The molecular weight excluding hydrogens is 913 g/mol. The Bertz CT molecular complexity index is 2900. The van der Waals surface area contributed by atoms with E-state index in [4.69, 9.17) is 15.6 Å². The van der Waals surface area contributed by atoms with Gasteiger partial charge in [0.2, 0.25) is 5.91 Å². The lowest BCUT2D eigenvalue weighted by atomic mass is 9.94. The Morgan fingerprint density at radius 1 is 0.611 bits per heavy atom. The number of nitrogens with two attached hydrogens (primary N) is 1. The number of carboxylic acids is 1. The van der Waals surface area contributed by atoms with Crippen molar-refractivity contribution < 1.29 is 33.8 Å². The molecule has 0 saturated carbocycles. The highest BCUT2D eigenvalue weighted by Gasteiger charge is 2.29. The second-order valence-electron chi connectivity index (χ2n) is 18.4. The van der Waals surface area contributed by atoms with Gasteiger partial charge in [-0.05, 0) is 133 Å². The zero-order chi connectivity index (χ0) is 52.7. The molecule has 72 heavy (non-hydrogen) atoms. The molecule has 6 aromatic rings. The van der Waals surface area contributed by atoms with Crippen LogP contribution >= 0.6 is 0 Å². The summed E-state index contributed by atoms with van der Waals surface area (Å²) in [5, 5.41) is 12.0. The van der Waals surface area contributed by atoms with Crippen molar-refractivity contribution in [2.24, 2.45) is 17.6 Å². The molecule has 4 N–H and O–H groups in total. The number of hydrogen-bond donors (Lipinski definition) is 3. The number of aromatic nitrogens is 4. The van der Waals surface area contributed by atoms with Crippen LogP contribution in [0.15, 0.2) is 120 Å². The molecule has 2 unspecified atom stereocenters. The number of methoxy groups -OCH3 is 2. The van der Waals surface area contributed by atoms with Gasteiger partial charge in [-0.3, -0.25) is 33.9 Å². The molecule has 15 nitrogen and oxygen atoms in total. The first-order valence-corrected chi connectivity index (χ1v) is 23.4. The van der Waals surface area contributed by atoms with Crippen molar-refractivity contribution >= 4 is 23.8 Å². The fraction of sp³-hybridized carbons (Fsp3) is 0.368. The number of benzene rings is 2. The van der Waals surface area contributed by atoms with Crippen LogP contribution in [0, 0.1) is 53.4 Å². The van der Waals surface area contributed by atoms with Crippen LogP contribution in [0.5, 0.6) is 0 Å². The lowest BCUT2D eigenvalue weighted by molar-refractivity contribution is -0.143. The van der Waals surface area contributed by atoms with Crippen LogP contribution in [0.2, 0.25) is 0 Å². The van der Waals surface area contributed by atoms with Crippen LogP contribution in [-0.4, -0.2) is 62.2 Å². The zero-order valence-corrected chi connectivity index (χ0v) is 42.9. The average molecular weight is 985 g/mol. The molecule has 15 heteroatoms. The molecule has 0 spiro atoms. The van der Waals surface area contributed by atoms with Crippen LogP contribution in [-0.2, 0) is 28.7 Å². The summed E-state index contributed by atoms with van der Waals surface area (Å²) in [4.78, 5) is 81.0. The van der Waals surface area contributed by atoms with E-state index < -0.39 is 36.1 Å². The normalized spacial score (nSPS) is 12.4. The molecule has 4 atom stereocenters. The number of ether oxygens (including phenoxy) is 2. The van der Waals surface area contributed by atoms with Gasteiger partial charge in [0, 0.05) is 66.5 Å². The molecule has 2 aromatic carbocycles. The van der Waals surface area contributed by atoms with Gasteiger partial charge in [0.05, 0.1) is 33.1 Å². The third kappa shape index (κ3) is 15.7. The smallest absolute Gasteiger partial charge is 0.327 e. The van der Waals surface area contributed by atoms with E-state index in [1.54, 1.807) is 57.7 Å². The Kier molecular flexibility index (Phi) is 22.2. The summed E-state index contributed by atoms with van der Waals surface area (Å²) in [5.41, 5.74) is 17.5. The van der Waals surface area contributed by atoms with Crippen LogP contribution in [0.1, 0.15) is 117 Å². The summed E-state index contributed by atoms with van der Waals surface area (Å²) in [7, 11) is 2.68. The maximum atomic E-state index is 13.5. The van der Waals surface area contributed by atoms with Gasteiger partial charge in [-0.2, -0.15) is 0 Å². The second kappa shape index (κ2) is 27.2. The monoisotopic (exact) mass is 985 g/mol. The number of pyridine rings is 4. The quantitative estimate of drug-likeness (QED) is 0.0821. The van der Waals surface area contributed by atoms with E-state index in [9.17, 15) is 28.8 Å². The minimum Gasteiger partial charge on any atom is -0.480 e. The number of rotatable bonds is 15. The van der Waals surface area contributed by atoms with Gasteiger partial charge in [0.1, 0.15) is 12.1 Å². The van der Waals surface area contributed by atoms with E-state index in [-0.39, 0.29) is 55.1 Å². The molecule has 1 amide bonds. The fourth-order valence-corrected chi connectivity index (χ4v) is 8.37. The number of aliphatic carboxylic acids is 1. The van der Waals surface area contributed by atoms with Crippen molar-refractivity contribution in [2.45, 2.75) is 114 Å². The summed E-state index contributed by atoms with van der Waals surface area (Å²) < 4.78 is 12.3. The van der Waals surface area contributed by atoms with Crippen LogP contribution in [0.3, 0.4) is 0 Å². The molecule has 0 bridgehead atoms. The highest BCUT2D eigenvalue weighted by Crippen LogP contribution is 2.31. The van der Waals surface area contributed by atoms with Gasteiger partial charge < -0.3 is 34.8 Å². The number of amides is 1. The van der Waals surface area contributed by atoms with E-state index in [0.29, 0.717) is 5.56 Å². The molecular formula is C57H72N6O9. The van der Waals surface area contributed by atoms with Gasteiger partial charge in [-0.25, -0.2) is 4.79 Å². The van der Waals surface area contributed by atoms with E-state index in [1.807, 2.05) is 77.2 Å². The molecule has 0 aliphatic carbocycles. The van der Waals surface area contributed by atoms with Crippen molar-refractivity contribution in [1.29, 1.82) is 0 Å². The summed E-state index contributed by atoms with van der Waals surface area (Å²) in [5.74, 6) is -2.38. The van der Waals surface area contributed by atoms with Crippen LogP contribution in [0.25, 0.3) is 22.3 Å². The number of aryl methyl sites for hydroxylation is 6. The highest BCUT2D eigenvalue weighted by molar-refractivity contribution is 5.82. The summed E-state index contributed by atoms with van der Waals surface area (Å²) in [6.07, 6.45) is 10.2. The van der Waals surface area contributed by atoms with Crippen molar-refractivity contribution in [1.82, 2.24) is 24.4 Å². The maximum absolute atomic E-state index is 13.5. The lowest BCUT2D eigenvalue weighted by Crippen LogP contribution is -2.41. The molecule has 0 fully saturated rings. The van der Waals surface area contributed by atoms with Crippen molar-refractivity contribution in [3.8, 4) is 22.3 Å². The van der Waals surface area contributed by atoms with Gasteiger partial charge >= 0.3 is 17.9 Å². The predicted molar refractivity (Wildman–Crippen MR) is 282 cm³/mol. The molecule has 4 heterocycles. The van der Waals surface area contributed by atoms with E-state index >= 15 is 0 Å². The third-order valence-electron chi connectivity index (χ3n) is 12.0. The second-order valence-corrected chi connectivity index (χ2v) is 18.4. The summed E-state index contributed by atoms with van der Waals surface area (Å²) in [6.45, 7) is 19.2. The van der Waals surface area contributed by atoms with Gasteiger partial charge in [0.25, 0.3) is 11.1 Å². The number of carbonyl (C=O) groups excluding carboxylic acids is 3. The molecule has 6 rings (SSSR count). The number of carboxylic acid groups (broad SMARTS) is 1. The Balaban J connectivity index is 0.000000313. The lowest BCUT2D eigenvalue weighted by Gasteiger charge is -2.26. The van der Waals surface area contributed by atoms with Crippen molar-refractivity contribution in [2.75, 3.05) is 14.2 Å². The number of nitrogens with one attached hydrogen (secondary N) is 1. The highest BCUT2D eigenvalue weighted by atomic mass is 16.5. The Morgan fingerprint density at radius 3 is 1.42 bits per heavy atom. The number of carbonyl (C=O) groups is 4. The van der Waals surface area contributed by atoms with E-state index in [0.717, 1.165) is 50.1 Å². The topological polar surface area (TPSA) is 215 Å². The largest absolute Gasteiger partial charge is 0.480 e. The Labute approximate surface area is 423 Å². The van der Waals surface area contributed by atoms with Gasteiger partial charge in [-0.15, -0.1) is 0 Å². The first-order chi connectivity index (χ1) is 33.6. The Hall–Kier alpha value is -7.52. The minimum atomic E-state index is -0.976. The molecule has 0 saturated heterocycles. The first-order valence-electron chi connectivity index (χ1n) is 23.4.